The molecule has 1 saturated heterocycles. The van der Waals surface area contributed by atoms with Gasteiger partial charge in [-0.25, -0.2) is 0 Å². The average Bonchev–Trinajstić information content (AvgIpc) is 2.36. The molecule has 1 heterocycles. The van der Waals surface area contributed by atoms with Crippen LogP contribution in [0.3, 0.4) is 0 Å². The number of alkyl halides is 3. The third-order valence-electron chi connectivity index (χ3n) is 3.44. The fourth-order valence-corrected chi connectivity index (χ4v) is 2.36. The van der Waals surface area contributed by atoms with Gasteiger partial charge in [0.2, 0.25) is 0 Å². The zero-order valence-corrected chi connectivity index (χ0v) is 11.7. The summed E-state index contributed by atoms with van der Waals surface area (Å²) in [7, 11) is 0. The van der Waals surface area contributed by atoms with Crippen molar-refractivity contribution in [2.24, 2.45) is 5.92 Å². The van der Waals surface area contributed by atoms with E-state index in [2.05, 4.69) is 4.90 Å². The summed E-state index contributed by atoms with van der Waals surface area (Å²) in [5.41, 5.74) is 0. The van der Waals surface area contributed by atoms with E-state index in [0.29, 0.717) is 32.7 Å². The van der Waals surface area contributed by atoms with E-state index >= 15 is 0 Å². The van der Waals surface area contributed by atoms with Crippen molar-refractivity contribution in [1.82, 2.24) is 4.90 Å². The van der Waals surface area contributed by atoms with E-state index in [1.807, 2.05) is 13.8 Å². The number of hydrogen-bond acceptors (Lipinski definition) is 3. The van der Waals surface area contributed by atoms with Gasteiger partial charge in [-0.05, 0) is 39.8 Å². The fourth-order valence-electron chi connectivity index (χ4n) is 2.36. The van der Waals surface area contributed by atoms with E-state index in [1.54, 1.807) is 0 Å². The fraction of sp³-hybridized carbons (Fsp3) is 1.00. The van der Waals surface area contributed by atoms with Gasteiger partial charge in [0, 0.05) is 26.2 Å². The first-order valence-electron chi connectivity index (χ1n) is 6.99. The van der Waals surface area contributed by atoms with Gasteiger partial charge in [-0.3, -0.25) is 0 Å². The lowest BCUT2D eigenvalue weighted by molar-refractivity contribution is -0.186. The van der Waals surface area contributed by atoms with Crippen LogP contribution in [-0.4, -0.2) is 50.2 Å². The summed E-state index contributed by atoms with van der Waals surface area (Å²) in [6.07, 6.45) is -3.16. The van der Waals surface area contributed by atoms with Crippen molar-refractivity contribution in [3.63, 3.8) is 0 Å². The lowest BCUT2D eigenvalue weighted by Crippen LogP contribution is -2.40. The van der Waals surface area contributed by atoms with Gasteiger partial charge in [0.25, 0.3) is 0 Å². The molecule has 0 bridgehead atoms. The number of hydrogen-bond donors (Lipinski definition) is 0. The molecule has 0 N–H and O–H groups in total. The average molecular weight is 283 g/mol. The molecule has 1 fully saturated rings. The van der Waals surface area contributed by atoms with Crippen molar-refractivity contribution in [1.29, 1.82) is 0 Å². The van der Waals surface area contributed by atoms with Gasteiger partial charge in [0.15, 0.2) is 6.29 Å². The summed E-state index contributed by atoms with van der Waals surface area (Å²) >= 11 is 0. The molecule has 0 aromatic carbocycles. The number of piperidine rings is 1. The van der Waals surface area contributed by atoms with Crippen LogP contribution in [-0.2, 0) is 9.47 Å². The van der Waals surface area contributed by atoms with Gasteiger partial charge in [-0.2, -0.15) is 13.2 Å². The lowest BCUT2D eigenvalue weighted by Gasteiger charge is -2.33. The second-order valence-corrected chi connectivity index (χ2v) is 4.79. The highest BCUT2D eigenvalue weighted by Crippen LogP contribution is 2.34. The van der Waals surface area contributed by atoms with Crippen LogP contribution in [0, 0.1) is 5.92 Å². The molecule has 0 unspecified atom stereocenters. The van der Waals surface area contributed by atoms with Crippen LogP contribution in [0.5, 0.6) is 0 Å². The Hall–Kier alpha value is -0.330. The van der Waals surface area contributed by atoms with Crippen LogP contribution in [0.1, 0.15) is 33.1 Å². The summed E-state index contributed by atoms with van der Waals surface area (Å²) in [5.74, 6) is -1.13. The van der Waals surface area contributed by atoms with Crippen LogP contribution in [0.25, 0.3) is 0 Å². The standard InChI is InChI=1S/C13H24F3NO2/c1-3-18-12(19-4-2)7-10-17-8-5-11(6-9-17)13(14,15)16/h11-12H,3-10H2,1-2H3. The number of ether oxygens (including phenoxy) is 2. The first kappa shape index (κ1) is 16.7. The van der Waals surface area contributed by atoms with Crippen LogP contribution in [0.15, 0.2) is 0 Å². The molecule has 0 aliphatic carbocycles. The molecule has 1 aliphatic rings. The molecule has 0 amide bonds. The molecule has 6 heteroatoms. The molecule has 0 saturated carbocycles. The highest BCUT2D eigenvalue weighted by Gasteiger charge is 2.40. The quantitative estimate of drug-likeness (QED) is 0.670. The van der Waals surface area contributed by atoms with Gasteiger partial charge >= 0.3 is 6.18 Å². The minimum absolute atomic E-state index is 0.206. The second-order valence-electron chi connectivity index (χ2n) is 4.79. The Bertz CT molecular complexity index is 235. The van der Waals surface area contributed by atoms with Crippen molar-refractivity contribution in [2.45, 2.75) is 45.6 Å². The molecule has 1 rings (SSSR count). The van der Waals surface area contributed by atoms with E-state index in [0.717, 1.165) is 6.54 Å². The Morgan fingerprint density at radius 1 is 1.11 bits per heavy atom. The highest BCUT2D eigenvalue weighted by molar-refractivity contribution is 4.77. The molecule has 0 atom stereocenters. The maximum absolute atomic E-state index is 12.5. The van der Waals surface area contributed by atoms with Crippen LogP contribution in [0.2, 0.25) is 0 Å². The second kappa shape index (κ2) is 8.07. The number of likely N-dealkylation sites (tertiary alicyclic amines) is 1. The van der Waals surface area contributed by atoms with Crippen LogP contribution in [0.4, 0.5) is 13.2 Å². The Labute approximate surface area is 113 Å². The normalized spacial score (nSPS) is 19.3. The Balaban J connectivity index is 2.25. The highest BCUT2D eigenvalue weighted by atomic mass is 19.4. The van der Waals surface area contributed by atoms with Crippen molar-refractivity contribution in [3.8, 4) is 0 Å². The summed E-state index contributed by atoms with van der Waals surface area (Å²) in [4.78, 5) is 2.06. The molecule has 0 aromatic heterocycles. The number of halogens is 3. The van der Waals surface area contributed by atoms with Gasteiger partial charge in [0.1, 0.15) is 0 Å². The SMILES string of the molecule is CCOC(CCN1CCC(C(F)(F)F)CC1)OCC. The predicted molar refractivity (Wildman–Crippen MR) is 66.9 cm³/mol. The molecule has 19 heavy (non-hydrogen) atoms. The van der Waals surface area contributed by atoms with Crippen molar-refractivity contribution in [3.05, 3.63) is 0 Å². The minimum atomic E-state index is -4.04. The van der Waals surface area contributed by atoms with E-state index in [1.165, 1.54) is 0 Å². The zero-order valence-electron chi connectivity index (χ0n) is 11.7. The molecule has 0 spiro atoms. The van der Waals surface area contributed by atoms with E-state index < -0.39 is 12.1 Å². The van der Waals surface area contributed by atoms with Crippen molar-refractivity contribution >= 4 is 0 Å². The first-order chi connectivity index (χ1) is 8.97. The third-order valence-corrected chi connectivity index (χ3v) is 3.44. The molecule has 0 aromatic rings. The smallest absolute Gasteiger partial charge is 0.353 e. The predicted octanol–water partition coefficient (Wildman–Crippen LogP) is 3.05. The van der Waals surface area contributed by atoms with Gasteiger partial charge in [-0.15, -0.1) is 0 Å². The zero-order chi connectivity index (χ0) is 14.3. The van der Waals surface area contributed by atoms with Gasteiger partial charge in [-0.1, -0.05) is 0 Å². The Morgan fingerprint density at radius 2 is 1.63 bits per heavy atom. The Kier molecular flexibility index (Phi) is 7.10. The Morgan fingerprint density at radius 3 is 2.05 bits per heavy atom. The molecular formula is C13H24F3NO2. The third kappa shape index (κ3) is 6.10. The summed E-state index contributed by atoms with van der Waals surface area (Å²) in [6, 6.07) is 0. The first-order valence-corrected chi connectivity index (χ1v) is 6.99. The van der Waals surface area contributed by atoms with Gasteiger partial charge in [0.05, 0.1) is 5.92 Å². The van der Waals surface area contributed by atoms with E-state index in [4.69, 9.17) is 9.47 Å². The number of rotatable bonds is 7. The molecule has 114 valence electrons. The molecular weight excluding hydrogens is 259 g/mol. The lowest BCUT2D eigenvalue weighted by atomic mass is 9.96. The van der Waals surface area contributed by atoms with Crippen LogP contribution >= 0.6 is 0 Å². The minimum Gasteiger partial charge on any atom is -0.353 e. The molecule has 1 aliphatic heterocycles. The van der Waals surface area contributed by atoms with Crippen molar-refractivity contribution < 1.29 is 22.6 Å². The van der Waals surface area contributed by atoms with E-state index in [9.17, 15) is 13.2 Å². The van der Waals surface area contributed by atoms with Gasteiger partial charge < -0.3 is 14.4 Å². The van der Waals surface area contributed by atoms with Crippen molar-refractivity contribution in [2.75, 3.05) is 32.8 Å². The topological polar surface area (TPSA) is 21.7 Å². The van der Waals surface area contributed by atoms with Crippen LogP contribution < -0.4 is 0 Å². The maximum Gasteiger partial charge on any atom is 0.391 e. The van der Waals surface area contributed by atoms with E-state index in [-0.39, 0.29) is 19.1 Å². The monoisotopic (exact) mass is 283 g/mol. The summed E-state index contributed by atoms with van der Waals surface area (Å²) in [5, 5.41) is 0. The number of nitrogens with zero attached hydrogens (tertiary/aromatic N) is 1. The summed E-state index contributed by atoms with van der Waals surface area (Å²) in [6.45, 7) is 6.73. The largest absolute Gasteiger partial charge is 0.391 e. The summed E-state index contributed by atoms with van der Waals surface area (Å²) < 4.78 is 48.4. The molecule has 0 radical (unpaired) electrons. The maximum atomic E-state index is 12.5. The molecule has 3 nitrogen and oxygen atoms in total.